The molecule has 0 saturated carbocycles. The van der Waals surface area contributed by atoms with Crippen molar-refractivity contribution in [1.82, 2.24) is 5.32 Å². The summed E-state index contributed by atoms with van der Waals surface area (Å²) in [5, 5.41) is 6.93. The van der Waals surface area contributed by atoms with Gasteiger partial charge in [-0.25, -0.2) is 0 Å². The number of primary amides is 1. The molecule has 0 atom stereocenters. The molecule has 0 bridgehead atoms. The molecule has 0 unspecified atom stereocenters. The highest BCUT2D eigenvalue weighted by molar-refractivity contribution is 5.73. The summed E-state index contributed by atoms with van der Waals surface area (Å²) in [6, 6.07) is 6.52. The Labute approximate surface area is 114 Å². The Morgan fingerprint density at radius 2 is 2.26 bits per heavy atom. The SMILES string of the molecule is NC(=O)CCCCNCc1cccc2c1NCCC2. The van der Waals surface area contributed by atoms with Gasteiger partial charge in [-0.1, -0.05) is 18.2 Å². The number of carbonyl (C=O) groups is 1. The van der Waals surface area contributed by atoms with E-state index in [-0.39, 0.29) is 5.91 Å². The molecular formula is C15H23N3O. The van der Waals surface area contributed by atoms with Crippen molar-refractivity contribution >= 4 is 11.6 Å². The van der Waals surface area contributed by atoms with Crippen molar-refractivity contribution in [2.75, 3.05) is 18.4 Å². The maximum absolute atomic E-state index is 10.6. The van der Waals surface area contributed by atoms with Crippen LogP contribution in [-0.4, -0.2) is 19.0 Å². The second-order valence-electron chi connectivity index (χ2n) is 5.08. The molecule has 0 aromatic heterocycles. The number of fused-ring (bicyclic) bond motifs is 1. The van der Waals surface area contributed by atoms with Crippen LogP contribution in [0.5, 0.6) is 0 Å². The van der Waals surface area contributed by atoms with Crippen molar-refractivity contribution in [2.24, 2.45) is 5.73 Å². The van der Waals surface area contributed by atoms with Crippen LogP contribution in [0.15, 0.2) is 18.2 Å². The van der Waals surface area contributed by atoms with Gasteiger partial charge in [-0.2, -0.15) is 0 Å². The number of anilines is 1. The number of unbranched alkanes of at least 4 members (excludes halogenated alkanes) is 1. The molecule has 1 aromatic carbocycles. The molecule has 1 amide bonds. The van der Waals surface area contributed by atoms with Gasteiger partial charge in [0.15, 0.2) is 0 Å². The zero-order chi connectivity index (χ0) is 13.5. The Morgan fingerprint density at radius 1 is 1.37 bits per heavy atom. The van der Waals surface area contributed by atoms with Crippen LogP contribution in [0, 0.1) is 0 Å². The van der Waals surface area contributed by atoms with Gasteiger partial charge in [0.05, 0.1) is 0 Å². The predicted octanol–water partition coefficient (Wildman–Crippen LogP) is 1.79. The first-order chi connectivity index (χ1) is 9.27. The van der Waals surface area contributed by atoms with E-state index in [1.54, 1.807) is 0 Å². The Bertz CT molecular complexity index is 431. The fourth-order valence-corrected chi connectivity index (χ4v) is 2.50. The minimum atomic E-state index is -0.207. The molecule has 1 aliphatic rings. The first-order valence-electron chi connectivity index (χ1n) is 7.11. The number of benzene rings is 1. The van der Waals surface area contributed by atoms with Crippen LogP contribution in [0.1, 0.15) is 36.8 Å². The molecule has 0 aliphatic carbocycles. The number of nitrogens with two attached hydrogens (primary N) is 1. The number of aryl methyl sites for hydroxylation is 1. The Balaban J connectivity index is 1.75. The van der Waals surface area contributed by atoms with Crippen LogP contribution in [0.3, 0.4) is 0 Å². The molecule has 0 radical (unpaired) electrons. The molecule has 1 aromatic rings. The molecule has 2 rings (SSSR count). The van der Waals surface area contributed by atoms with Crippen LogP contribution >= 0.6 is 0 Å². The number of hydrogen-bond donors (Lipinski definition) is 3. The topological polar surface area (TPSA) is 67.2 Å². The molecule has 0 spiro atoms. The van der Waals surface area contributed by atoms with Gasteiger partial charge in [0.25, 0.3) is 0 Å². The predicted molar refractivity (Wildman–Crippen MR) is 78.0 cm³/mol. The smallest absolute Gasteiger partial charge is 0.217 e. The van der Waals surface area contributed by atoms with Crippen molar-refractivity contribution in [3.8, 4) is 0 Å². The van der Waals surface area contributed by atoms with E-state index in [0.717, 1.165) is 32.5 Å². The van der Waals surface area contributed by atoms with Gasteiger partial charge in [0, 0.05) is 25.2 Å². The molecule has 4 nitrogen and oxygen atoms in total. The zero-order valence-electron chi connectivity index (χ0n) is 11.4. The molecule has 4 N–H and O–H groups in total. The summed E-state index contributed by atoms with van der Waals surface area (Å²) in [5.41, 5.74) is 9.19. The van der Waals surface area contributed by atoms with Crippen molar-refractivity contribution < 1.29 is 4.79 Å². The summed E-state index contributed by atoms with van der Waals surface area (Å²) < 4.78 is 0. The minimum Gasteiger partial charge on any atom is -0.385 e. The van der Waals surface area contributed by atoms with E-state index in [9.17, 15) is 4.79 Å². The highest BCUT2D eigenvalue weighted by Gasteiger charge is 2.11. The second kappa shape index (κ2) is 7.14. The van der Waals surface area contributed by atoms with Crippen molar-refractivity contribution in [1.29, 1.82) is 0 Å². The van der Waals surface area contributed by atoms with E-state index in [1.807, 2.05) is 0 Å². The lowest BCUT2D eigenvalue weighted by Crippen LogP contribution is -2.19. The summed E-state index contributed by atoms with van der Waals surface area (Å²) >= 11 is 0. The Hall–Kier alpha value is -1.55. The number of para-hydroxylation sites is 1. The van der Waals surface area contributed by atoms with E-state index < -0.39 is 0 Å². The summed E-state index contributed by atoms with van der Waals surface area (Å²) in [4.78, 5) is 10.6. The van der Waals surface area contributed by atoms with Gasteiger partial charge in [-0.05, 0) is 43.4 Å². The van der Waals surface area contributed by atoms with Gasteiger partial charge in [-0.15, -0.1) is 0 Å². The lowest BCUT2D eigenvalue weighted by atomic mass is 9.99. The van der Waals surface area contributed by atoms with Crippen molar-refractivity contribution in [2.45, 2.75) is 38.6 Å². The average Bonchev–Trinajstić information content (AvgIpc) is 2.42. The Morgan fingerprint density at radius 3 is 3.11 bits per heavy atom. The monoisotopic (exact) mass is 261 g/mol. The largest absolute Gasteiger partial charge is 0.385 e. The van der Waals surface area contributed by atoms with Gasteiger partial charge in [-0.3, -0.25) is 4.79 Å². The maximum atomic E-state index is 10.6. The van der Waals surface area contributed by atoms with E-state index in [0.29, 0.717) is 6.42 Å². The quantitative estimate of drug-likeness (QED) is 0.656. The van der Waals surface area contributed by atoms with Crippen LogP contribution in [0.25, 0.3) is 0 Å². The van der Waals surface area contributed by atoms with Crippen molar-refractivity contribution in [3.63, 3.8) is 0 Å². The minimum absolute atomic E-state index is 0.207. The molecule has 1 aliphatic heterocycles. The van der Waals surface area contributed by atoms with E-state index >= 15 is 0 Å². The molecule has 104 valence electrons. The third-order valence-corrected chi connectivity index (χ3v) is 3.50. The van der Waals surface area contributed by atoms with Crippen LogP contribution in [-0.2, 0) is 17.8 Å². The molecule has 0 fully saturated rings. The third kappa shape index (κ3) is 4.24. The Kier molecular flexibility index (Phi) is 5.21. The van der Waals surface area contributed by atoms with E-state index in [2.05, 4.69) is 28.8 Å². The molecule has 19 heavy (non-hydrogen) atoms. The standard InChI is InChI=1S/C15H23N3O/c16-14(19)8-1-2-9-17-11-13-6-3-5-12-7-4-10-18-15(12)13/h3,5-6,17-18H,1-2,4,7-11H2,(H2,16,19). The highest BCUT2D eigenvalue weighted by atomic mass is 16.1. The summed E-state index contributed by atoms with van der Waals surface area (Å²) in [6.07, 6.45) is 4.74. The van der Waals surface area contributed by atoms with Crippen LogP contribution < -0.4 is 16.4 Å². The van der Waals surface area contributed by atoms with Crippen molar-refractivity contribution in [3.05, 3.63) is 29.3 Å². The summed E-state index contributed by atoms with van der Waals surface area (Å²) in [7, 11) is 0. The lowest BCUT2D eigenvalue weighted by Gasteiger charge is -2.21. The number of rotatable bonds is 7. The van der Waals surface area contributed by atoms with E-state index in [4.69, 9.17) is 5.73 Å². The number of amides is 1. The number of nitrogens with one attached hydrogen (secondary N) is 2. The third-order valence-electron chi connectivity index (χ3n) is 3.50. The fourth-order valence-electron chi connectivity index (χ4n) is 2.50. The van der Waals surface area contributed by atoms with Gasteiger partial charge in [0.2, 0.25) is 5.91 Å². The normalized spacial score (nSPS) is 13.7. The van der Waals surface area contributed by atoms with E-state index in [1.165, 1.54) is 29.7 Å². The molecular weight excluding hydrogens is 238 g/mol. The number of hydrogen-bond acceptors (Lipinski definition) is 3. The molecule has 4 heteroatoms. The number of carbonyl (C=O) groups excluding carboxylic acids is 1. The van der Waals surface area contributed by atoms with Gasteiger partial charge in [0.1, 0.15) is 0 Å². The highest BCUT2D eigenvalue weighted by Crippen LogP contribution is 2.25. The lowest BCUT2D eigenvalue weighted by molar-refractivity contribution is -0.118. The fraction of sp³-hybridized carbons (Fsp3) is 0.533. The first-order valence-corrected chi connectivity index (χ1v) is 7.11. The average molecular weight is 261 g/mol. The second-order valence-corrected chi connectivity index (χ2v) is 5.08. The zero-order valence-corrected chi connectivity index (χ0v) is 11.4. The molecule has 0 saturated heterocycles. The van der Waals surface area contributed by atoms with Crippen LogP contribution in [0.4, 0.5) is 5.69 Å². The summed E-state index contributed by atoms with van der Waals surface area (Å²) in [6.45, 7) is 2.88. The first kappa shape index (κ1) is 13.9. The molecule has 1 heterocycles. The van der Waals surface area contributed by atoms with Crippen LogP contribution in [0.2, 0.25) is 0 Å². The van der Waals surface area contributed by atoms with Gasteiger partial charge >= 0.3 is 0 Å². The maximum Gasteiger partial charge on any atom is 0.217 e. The summed E-state index contributed by atoms with van der Waals surface area (Å²) in [5.74, 6) is -0.207. The van der Waals surface area contributed by atoms with Gasteiger partial charge < -0.3 is 16.4 Å².